The topological polar surface area (TPSA) is 47.2 Å². The van der Waals surface area contributed by atoms with Gasteiger partial charge in [0.1, 0.15) is 0 Å². The molecule has 16 heavy (non-hydrogen) atoms. The summed E-state index contributed by atoms with van der Waals surface area (Å²) >= 11 is 5.22. The van der Waals surface area contributed by atoms with Gasteiger partial charge in [-0.05, 0) is 19.1 Å². The van der Waals surface area contributed by atoms with Crippen molar-refractivity contribution in [3.63, 3.8) is 0 Å². The fourth-order valence-corrected chi connectivity index (χ4v) is 1.99. The zero-order valence-electron chi connectivity index (χ0n) is 9.44. The third-order valence-electron chi connectivity index (χ3n) is 2.75. The van der Waals surface area contributed by atoms with Crippen LogP contribution in [0.25, 0.3) is 0 Å². The smallest absolute Gasteiger partial charge is 0.170 e. The molecule has 0 spiro atoms. The Morgan fingerprint density at radius 1 is 1.56 bits per heavy atom. The van der Waals surface area contributed by atoms with E-state index in [1.807, 2.05) is 6.20 Å². The largest absolute Gasteiger partial charge is 0.350 e. The number of aromatic amines is 1. The molecule has 0 saturated carbocycles. The molecule has 0 amide bonds. The van der Waals surface area contributed by atoms with Crippen molar-refractivity contribution >= 4 is 17.3 Å². The van der Waals surface area contributed by atoms with Gasteiger partial charge in [-0.2, -0.15) is 0 Å². The third kappa shape index (κ3) is 2.70. The molecule has 1 aliphatic heterocycles. The van der Waals surface area contributed by atoms with Gasteiger partial charge in [-0.1, -0.05) is 0 Å². The molecule has 0 radical (unpaired) electrons. The first-order chi connectivity index (χ1) is 7.79. The molecule has 2 N–H and O–H groups in total. The number of nitrogens with one attached hydrogen (secondary N) is 2. The van der Waals surface area contributed by atoms with E-state index in [1.54, 1.807) is 6.33 Å². The van der Waals surface area contributed by atoms with Crippen LogP contribution >= 0.6 is 12.2 Å². The van der Waals surface area contributed by atoms with Crippen molar-refractivity contribution in [1.82, 2.24) is 25.1 Å². The molecule has 0 unspecified atom stereocenters. The first kappa shape index (κ1) is 11.3. The summed E-state index contributed by atoms with van der Waals surface area (Å²) in [6, 6.07) is 0. The Morgan fingerprint density at radius 3 is 3.12 bits per heavy atom. The van der Waals surface area contributed by atoms with E-state index in [-0.39, 0.29) is 0 Å². The molecule has 1 aromatic rings. The Balaban J connectivity index is 1.80. The van der Waals surface area contributed by atoms with Crippen molar-refractivity contribution in [3.05, 3.63) is 18.2 Å². The van der Waals surface area contributed by atoms with Gasteiger partial charge in [0, 0.05) is 31.4 Å². The standard InChI is InChI=1S/C10H17N5S/c1-2-15-8-14(7-13-10(15)16)4-3-9-5-11-6-12-9/h5-6H,2-4,7-8H2,1H3,(H,11,12)(H,13,16). The second kappa shape index (κ2) is 5.27. The van der Waals surface area contributed by atoms with Gasteiger partial charge in [-0.25, -0.2) is 4.98 Å². The highest BCUT2D eigenvalue weighted by Gasteiger charge is 2.18. The third-order valence-corrected chi connectivity index (χ3v) is 3.15. The van der Waals surface area contributed by atoms with E-state index >= 15 is 0 Å². The van der Waals surface area contributed by atoms with Crippen LogP contribution in [0, 0.1) is 0 Å². The van der Waals surface area contributed by atoms with E-state index in [0.717, 1.165) is 38.0 Å². The number of H-pyrrole nitrogens is 1. The van der Waals surface area contributed by atoms with Crippen LogP contribution in [0.1, 0.15) is 12.6 Å². The van der Waals surface area contributed by atoms with Gasteiger partial charge in [0.2, 0.25) is 0 Å². The van der Waals surface area contributed by atoms with Crippen LogP contribution in [-0.4, -0.2) is 51.3 Å². The second-order valence-electron chi connectivity index (χ2n) is 3.86. The van der Waals surface area contributed by atoms with Gasteiger partial charge >= 0.3 is 0 Å². The Bertz CT molecular complexity index is 337. The molecule has 2 rings (SSSR count). The number of hydrogen-bond acceptors (Lipinski definition) is 3. The molecule has 0 atom stereocenters. The number of hydrogen-bond donors (Lipinski definition) is 2. The minimum Gasteiger partial charge on any atom is -0.350 e. The summed E-state index contributed by atoms with van der Waals surface area (Å²) in [5.74, 6) is 0. The molecule has 2 heterocycles. The molecular formula is C10H17N5S. The normalized spacial score (nSPS) is 17.6. The average Bonchev–Trinajstić information content (AvgIpc) is 2.81. The quantitative estimate of drug-likeness (QED) is 0.744. The predicted octanol–water partition coefficient (Wildman–Crippen LogP) is 0.379. The first-order valence-electron chi connectivity index (χ1n) is 5.52. The summed E-state index contributed by atoms with van der Waals surface area (Å²) in [5.41, 5.74) is 1.18. The number of imidazole rings is 1. The Kier molecular flexibility index (Phi) is 3.74. The van der Waals surface area contributed by atoms with Gasteiger partial charge in [0.05, 0.1) is 19.7 Å². The van der Waals surface area contributed by atoms with Crippen molar-refractivity contribution < 1.29 is 0 Å². The van der Waals surface area contributed by atoms with Crippen molar-refractivity contribution in [3.8, 4) is 0 Å². The second-order valence-corrected chi connectivity index (χ2v) is 4.25. The van der Waals surface area contributed by atoms with Gasteiger partial charge < -0.3 is 15.2 Å². The lowest BCUT2D eigenvalue weighted by molar-refractivity contribution is 0.158. The fourth-order valence-electron chi connectivity index (χ4n) is 1.74. The van der Waals surface area contributed by atoms with Gasteiger partial charge in [0.25, 0.3) is 0 Å². The van der Waals surface area contributed by atoms with Gasteiger partial charge in [-0.15, -0.1) is 0 Å². The van der Waals surface area contributed by atoms with Crippen molar-refractivity contribution in [2.75, 3.05) is 26.4 Å². The van der Waals surface area contributed by atoms with Crippen LogP contribution in [0.3, 0.4) is 0 Å². The minimum atomic E-state index is 0.837. The van der Waals surface area contributed by atoms with Crippen molar-refractivity contribution in [1.29, 1.82) is 0 Å². The fraction of sp³-hybridized carbons (Fsp3) is 0.600. The summed E-state index contributed by atoms with van der Waals surface area (Å²) < 4.78 is 0. The van der Waals surface area contributed by atoms with Crippen LogP contribution in [0.4, 0.5) is 0 Å². The molecule has 1 aliphatic rings. The SMILES string of the molecule is CCN1CN(CCc2cnc[nH]2)CNC1=S. The monoisotopic (exact) mass is 239 g/mol. The minimum absolute atomic E-state index is 0.837. The summed E-state index contributed by atoms with van der Waals surface area (Å²) in [7, 11) is 0. The molecular weight excluding hydrogens is 222 g/mol. The number of rotatable bonds is 4. The number of thiocarbonyl (C=S) groups is 1. The first-order valence-corrected chi connectivity index (χ1v) is 5.93. The lowest BCUT2D eigenvalue weighted by Crippen LogP contribution is -2.56. The van der Waals surface area contributed by atoms with Gasteiger partial charge in [0.15, 0.2) is 5.11 Å². The maximum atomic E-state index is 5.22. The summed E-state index contributed by atoms with van der Waals surface area (Å²) in [6.07, 6.45) is 4.59. The Hall–Kier alpha value is -1.14. The summed E-state index contributed by atoms with van der Waals surface area (Å²) in [6.45, 7) is 5.83. The van der Waals surface area contributed by atoms with E-state index in [1.165, 1.54) is 5.69 Å². The molecule has 5 nitrogen and oxygen atoms in total. The lowest BCUT2D eigenvalue weighted by atomic mass is 10.3. The van der Waals surface area contributed by atoms with Crippen LogP contribution in [0.5, 0.6) is 0 Å². The van der Waals surface area contributed by atoms with Crippen LogP contribution < -0.4 is 5.32 Å². The van der Waals surface area contributed by atoms with Gasteiger partial charge in [-0.3, -0.25) is 4.90 Å². The highest BCUT2D eigenvalue weighted by molar-refractivity contribution is 7.80. The molecule has 6 heteroatoms. The molecule has 88 valence electrons. The van der Waals surface area contributed by atoms with E-state index in [2.05, 4.69) is 32.0 Å². The average molecular weight is 239 g/mol. The molecule has 1 aromatic heterocycles. The number of aromatic nitrogens is 2. The van der Waals surface area contributed by atoms with Crippen LogP contribution in [0.2, 0.25) is 0 Å². The predicted molar refractivity (Wildman–Crippen MR) is 66.8 cm³/mol. The molecule has 1 saturated heterocycles. The maximum Gasteiger partial charge on any atom is 0.170 e. The Morgan fingerprint density at radius 2 is 2.44 bits per heavy atom. The zero-order chi connectivity index (χ0) is 11.4. The number of nitrogens with zero attached hydrogens (tertiary/aromatic N) is 3. The summed E-state index contributed by atoms with van der Waals surface area (Å²) in [5, 5.41) is 4.08. The van der Waals surface area contributed by atoms with Crippen molar-refractivity contribution in [2.24, 2.45) is 0 Å². The maximum absolute atomic E-state index is 5.22. The molecule has 0 aliphatic carbocycles. The highest BCUT2D eigenvalue weighted by atomic mass is 32.1. The Labute approximate surface area is 101 Å². The van der Waals surface area contributed by atoms with E-state index in [4.69, 9.17) is 12.2 Å². The highest BCUT2D eigenvalue weighted by Crippen LogP contribution is 2.03. The van der Waals surface area contributed by atoms with Crippen molar-refractivity contribution in [2.45, 2.75) is 13.3 Å². The molecule has 0 bridgehead atoms. The molecule has 0 aromatic carbocycles. The van der Waals surface area contributed by atoms with E-state index in [9.17, 15) is 0 Å². The lowest BCUT2D eigenvalue weighted by Gasteiger charge is -2.37. The zero-order valence-corrected chi connectivity index (χ0v) is 10.3. The summed E-state index contributed by atoms with van der Waals surface area (Å²) in [4.78, 5) is 11.6. The van der Waals surface area contributed by atoms with Crippen LogP contribution in [0.15, 0.2) is 12.5 Å². The molecule has 1 fully saturated rings. The van der Waals surface area contributed by atoms with E-state index in [0.29, 0.717) is 0 Å². The van der Waals surface area contributed by atoms with E-state index < -0.39 is 0 Å². The van der Waals surface area contributed by atoms with Crippen LogP contribution in [-0.2, 0) is 6.42 Å².